The third-order valence-electron chi connectivity index (χ3n) is 2.02. The minimum atomic E-state index is -0.786. The van der Waals surface area contributed by atoms with Crippen molar-refractivity contribution in [3.8, 4) is 11.5 Å². The van der Waals surface area contributed by atoms with Crippen LogP contribution in [0.2, 0.25) is 0 Å². The summed E-state index contributed by atoms with van der Waals surface area (Å²) in [5.74, 6) is -0.415. The Kier molecular flexibility index (Phi) is 4.45. The van der Waals surface area contributed by atoms with E-state index in [1.165, 1.54) is 13.2 Å². The number of hydrogen-bond donors (Lipinski definition) is 1. The lowest BCUT2D eigenvalue weighted by Crippen LogP contribution is -2.11. The average Bonchev–Trinajstić information content (AvgIpc) is 2.36. The fraction of sp³-hybridized carbons (Fsp3) is 0.182. The number of methoxy groups -OCH3 is 1. The highest BCUT2D eigenvalue weighted by Crippen LogP contribution is 2.25. The van der Waals surface area contributed by atoms with Crippen molar-refractivity contribution in [2.75, 3.05) is 7.11 Å². The van der Waals surface area contributed by atoms with Crippen molar-refractivity contribution in [3.63, 3.8) is 0 Å². The number of aryl methyl sites for hydroxylation is 1. The topological polar surface area (TPSA) is 65.0 Å². The Morgan fingerprint density at radius 3 is 2.71 bits per heavy atom. The summed E-state index contributed by atoms with van der Waals surface area (Å²) in [5, 5.41) is 8.86. The van der Waals surface area contributed by atoms with E-state index in [0.29, 0.717) is 17.8 Å². The summed E-state index contributed by atoms with van der Waals surface area (Å²) in [6.07, 6.45) is 0.529. The Bertz CT molecular complexity index is 441. The van der Waals surface area contributed by atoms with Gasteiger partial charge in [-0.25, -0.2) is 4.79 Å². The third kappa shape index (κ3) is 3.17. The molecule has 0 saturated heterocycles. The zero-order valence-corrected chi connectivity index (χ0v) is 9.47. The average molecular weight is 234 g/mol. The summed E-state index contributed by atoms with van der Waals surface area (Å²) < 4.78 is 14.1. The maximum atomic E-state index is 11.2. The van der Waals surface area contributed by atoms with Crippen LogP contribution in [0.3, 0.4) is 0 Å². The van der Waals surface area contributed by atoms with Gasteiger partial charge in [0.05, 0.1) is 7.11 Å². The van der Waals surface area contributed by atoms with Gasteiger partial charge in [-0.15, -0.1) is 0 Å². The van der Waals surface area contributed by atoms with Crippen LogP contribution in [0.4, 0.5) is 0 Å². The Morgan fingerprint density at radius 2 is 2.18 bits per heavy atom. The maximum absolute atomic E-state index is 11.2. The quantitative estimate of drug-likeness (QED) is 0.369. The van der Waals surface area contributed by atoms with E-state index in [1.54, 1.807) is 19.1 Å². The molecule has 0 saturated carbocycles. The Hall–Kier alpha value is -2.11. The number of carbonyl (C=O) groups excluding carboxylic acids is 1. The molecular formula is C11H11BO5. The fourth-order valence-corrected chi connectivity index (χ4v) is 1.10. The van der Waals surface area contributed by atoms with Gasteiger partial charge in [0, 0.05) is 6.07 Å². The van der Waals surface area contributed by atoms with Gasteiger partial charge in [0.15, 0.2) is 0 Å². The summed E-state index contributed by atoms with van der Waals surface area (Å²) in [6, 6.07) is 4.83. The largest absolute Gasteiger partial charge is 0.568 e. The molecule has 2 radical (unpaired) electrons. The summed E-state index contributed by atoms with van der Waals surface area (Å²) >= 11 is 0. The first-order valence-corrected chi connectivity index (χ1v) is 4.70. The van der Waals surface area contributed by atoms with E-state index < -0.39 is 5.97 Å². The van der Waals surface area contributed by atoms with E-state index in [4.69, 9.17) is 17.9 Å². The lowest BCUT2D eigenvalue weighted by molar-refractivity contribution is -0.138. The van der Waals surface area contributed by atoms with E-state index >= 15 is 0 Å². The summed E-state index contributed by atoms with van der Waals surface area (Å²) in [5.41, 5.74) is 0.744. The minimum Gasteiger partial charge on any atom is -0.568 e. The Balaban J connectivity index is 2.97. The van der Waals surface area contributed by atoms with Crippen molar-refractivity contribution < 1.29 is 24.0 Å². The molecule has 1 aromatic rings. The van der Waals surface area contributed by atoms with Crippen LogP contribution in [-0.4, -0.2) is 26.2 Å². The molecule has 0 aromatic heterocycles. The maximum Gasteiger partial charge on any atom is 0.377 e. The number of rotatable bonds is 4. The van der Waals surface area contributed by atoms with Crippen molar-refractivity contribution in [1.82, 2.24) is 0 Å². The van der Waals surface area contributed by atoms with Crippen molar-refractivity contribution in [1.29, 1.82) is 0 Å². The van der Waals surface area contributed by atoms with Crippen LogP contribution < -0.4 is 9.39 Å². The van der Waals surface area contributed by atoms with Crippen LogP contribution in [0.25, 0.3) is 0 Å². The highest BCUT2D eigenvalue weighted by Gasteiger charge is 2.14. The number of ether oxygens (including phenoxy) is 2. The second kappa shape index (κ2) is 5.84. The van der Waals surface area contributed by atoms with E-state index in [2.05, 4.69) is 9.39 Å². The molecule has 0 heterocycles. The van der Waals surface area contributed by atoms with E-state index in [-0.39, 0.29) is 5.76 Å². The first kappa shape index (κ1) is 13.0. The van der Waals surface area contributed by atoms with Gasteiger partial charge in [-0.1, -0.05) is 6.07 Å². The summed E-state index contributed by atoms with van der Waals surface area (Å²) in [4.78, 5) is 11.2. The summed E-state index contributed by atoms with van der Waals surface area (Å²) in [7, 11) is 6.19. The van der Waals surface area contributed by atoms with Crippen molar-refractivity contribution in [3.05, 3.63) is 35.8 Å². The minimum absolute atomic E-state index is 0.329. The number of carbonyl (C=O) groups is 1. The monoisotopic (exact) mass is 234 g/mol. The molecule has 1 aromatic carbocycles. The molecule has 1 N–H and O–H groups in total. The normalized spacial score (nSPS) is 10.8. The second-order valence-electron chi connectivity index (χ2n) is 3.13. The van der Waals surface area contributed by atoms with Gasteiger partial charge < -0.3 is 19.2 Å². The molecule has 0 amide bonds. The molecule has 17 heavy (non-hydrogen) atoms. The van der Waals surface area contributed by atoms with E-state index in [9.17, 15) is 4.79 Å². The van der Waals surface area contributed by atoms with Gasteiger partial charge >= 0.3 is 14.0 Å². The number of aliphatic hydroxyl groups is 1. The molecule has 0 fully saturated rings. The zero-order valence-electron chi connectivity index (χ0n) is 9.47. The summed E-state index contributed by atoms with van der Waals surface area (Å²) in [6.45, 7) is 1.77. The molecule has 1 rings (SSSR count). The van der Waals surface area contributed by atoms with Gasteiger partial charge in [0.2, 0.25) is 5.76 Å². The molecule has 6 heteroatoms. The predicted molar refractivity (Wildman–Crippen MR) is 60.9 cm³/mol. The van der Waals surface area contributed by atoms with Gasteiger partial charge in [-0.2, -0.15) is 0 Å². The standard InChI is InChI=1S/C11H11BO5/c1-7-3-4-8(17-12)5-9(7)16-10(6-13)11(14)15-2/h3-6,13H,1-2H3/b10-6-. The lowest BCUT2D eigenvalue weighted by atomic mass is 10.2. The Morgan fingerprint density at radius 1 is 1.47 bits per heavy atom. The number of esters is 1. The number of hydrogen-bond acceptors (Lipinski definition) is 5. The van der Waals surface area contributed by atoms with Crippen molar-refractivity contribution in [2.45, 2.75) is 6.92 Å². The SMILES string of the molecule is [B]Oc1ccc(C)c(O/C(=C\O)C(=O)OC)c1. The van der Waals surface area contributed by atoms with Crippen LogP contribution in [0, 0.1) is 6.92 Å². The molecule has 0 atom stereocenters. The highest BCUT2D eigenvalue weighted by molar-refractivity contribution is 6.00. The van der Waals surface area contributed by atoms with Crippen LogP contribution in [0.5, 0.6) is 11.5 Å². The molecule has 0 aliphatic rings. The van der Waals surface area contributed by atoms with Crippen LogP contribution >= 0.6 is 0 Å². The van der Waals surface area contributed by atoms with Crippen LogP contribution in [0.15, 0.2) is 30.2 Å². The molecule has 0 unspecified atom stereocenters. The molecule has 88 valence electrons. The highest BCUT2D eigenvalue weighted by atomic mass is 16.6. The molecule has 0 bridgehead atoms. The lowest BCUT2D eigenvalue weighted by Gasteiger charge is -2.11. The third-order valence-corrected chi connectivity index (χ3v) is 2.02. The van der Waals surface area contributed by atoms with Crippen molar-refractivity contribution >= 4 is 14.0 Å². The van der Waals surface area contributed by atoms with Crippen LogP contribution in [-0.2, 0) is 9.53 Å². The smallest absolute Gasteiger partial charge is 0.377 e. The van der Waals surface area contributed by atoms with Gasteiger partial charge in [-0.05, 0) is 18.6 Å². The van der Waals surface area contributed by atoms with Gasteiger partial charge in [0.25, 0.3) is 0 Å². The van der Waals surface area contributed by atoms with Gasteiger partial charge in [0.1, 0.15) is 17.8 Å². The fourth-order valence-electron chi connectivity index (χ4n) is 1.10. The molecule has 0 spiro atoms. The number of benzene rings is 1. The predicted octanol–water partition coefficient (Wildman–Crippen LogP) is 1.41. The number of aliphatic hydroxyl groups excluding tert-OH is 1. The van der Waals surface area contributed by atoms with Gasteiger partial charge in [-0.3, -0.25) is 0 Å². The van der Waals surface area contributed by atoms with Crippen LogP contribution in [0.1, 0.15) is 5.56 Å². The molecule has 0 aliphatic carbocycles. The zero-order chi connectivity index (χ0) is 12.8. The Labute approximate surface area is 100 Å². The molecule has 0 aliphatic heterocycles. The second-order valence-corrected chi connectivity index (χ2v) is 3.13. The molecule has 5 nitrogen and oxygen atoms in total. The first-order valence-electron chi connectivity index (χ1n) is 4.70. The molecular weight excluding hydrogens is 223 g/mol. The first-order chi connectivity index (χ1) is 8.12. The van der Waals surface area contributed by atoms with E-state index in [1.807, 2.05) is 0 Å². The van der Waals surface area contributed by atoms with Crippen molar-refractivity contribution in [2.24, 2.45) is 0 Å². The van der Waals surface area contributed by atoms with E-state index in [0.717, 1.165) is 5.56 Å².